The molecule has 0 aliphatic carbocycles. The molecule has 1 aromatic heterocycles. The molecule has 3 rings (SSSR count). The van der Waals surface area contributed by atoms with Gasteiger partial charge in [-0.05, 0) is 79.3 Å². The van der Waals surface area contributed by atoms with E-state index in [2.05, 4.69) is 9.71 Å². The summed E-state index contributed by atoms with van der Waals surface area (Å²) < 4.78 is 55.9. The lowest BCUT2D eigenvalue weighted by Gasteiger charge is -2.30. The first kappa shape index (κ1) is 34.1. The molecule has 1 unspecified atom stereocenters. The number of nitrogens with zero attached hydrogens (tertiary/aromatic N) is 2. The number of carbonyl (C=O) groups is 2. The predicted molar refractivity (Wildman–Crippen MR) is 164 cm³/mol. The van der Waals surface area contributed by atoms with Crippen molar-refractivity contribution < 1.29 is 31.5 Å². The molecule has 2 aromatic carbocycles. The highest BCUT2D eigenvalue weighted by molar-refractivity contribution is 7.90. The van der Waals surface area contributed by atoms with Crippen LogP contribution < -0.4 is 10.0 Å². The summed E-state index contributed by atoms with van der Waals surface area (Å²) in [5.74, 6) is -2.60. The Bertz CT molecular complexity index is 1700. The highest BCUT2D eigenvalue weighted by Crippen LogP contribution is 2.33. The fourth-order valence-electron chi connectivity index (χ4n) is 4.62. The molecule has 0 radical (unpaired) electrons. The van der Waals surface area contributed by atoms with Gasteiger partial charge in [0.05, 0.1) is 4.90 Å². The van der Waals surface area contributed by atoms with Crippen LogP contribution in [-0.4, -0.2) is 61.6 Å². The molecule has 232 valence electrons. The van der Waals surface area contributed by atoms with E-state index in [-0.39, 0.29) is 35.8 Å². The second-order valence-corrected chi connectivity index (χ2v) is 14.0. The average molecular weight is 651 g/mol. The number of benzene rings is 2. The summed E-state index contributed by atoms with van der Waals surface area (Å²) in [5, 5.41) is 9.47. The van der Waals surface area contributed by atoms with Crippen molar-refractivity contribution in [1.82, 2.24) is 19.3 Å². The maximum Gasteiger partial charge on any atom is 0.343 e. The van der Waals surface area contributed by atoms with Crippen LogP contribution in [0.3, 0.4) is 0 Å². The van der Waals surface area contributed by atoms with E-state index >= 15 is 0 Å². The zero-order valence-electron chi connectivity index (χ0n) is 24.2. The first-order valence-electron chi connectivity index (χ1n) is 13.5. The number of hydrogen-bond donors (Lipinski definition) is 3. The van der Waals surface area contributed by atoms with Crippen molar-refractivity contribution in [1.29, 1.82) is 0 Å². The molecule has 0 aliphatic rings. The zero-order chi connectivity index (χ0) is 31.9. The van der Waals surface area contributed by atoms with Gasteiger partial charge in [-0.1, -0.05) is 42.8 Å². The summed E-state index contributed by atoms with van der Waals surface area (Å²) in [7, 11) is -8.51. The molecule has 0 aliphatic heterocycles. The van der Waals surface area contributed by atoms with Gasteiger partial charge in [0.2, 0.25) is 31.3 Å². The van der Waals surface area contributed by atoms with Crippen LogP contribution in [0.5, 0.6) is 0 Å². The lowest BCUT2D eigenvalue weighted by Crippen LogP contribution is -2.51. The van der Waals surface area contributed by atoms with E-state index in [9.17, 15) is 31.5 Å². The van der Waals surface area contributed by atoms with Crippen LogP contribution >= 0.6 is 11.6 Å². The van der Waals surface area contributed by atoms with Gasteiger partial charge >= 0.3 is 5.97 Å². The maximum atomic E-state index is 14.1. The number of carboxylic acids is 1. The summed E-state index contributed by atoms with van der Waals surface area (Å²) >= 11 is 6.26. The standard InChI is InChI=1S/C29H35ClN4O7S2/c1-5-32-42(38,39)28(29(36)37)33-27(35)13-8-16-34(43(40,41)26-12-7-11-25(30)20(26)3)21(4)22-9-6-10-23(17-22)24-14-15-31-18-19(24)2/h6-7,9-12,14-15,17-18,21,28,32H,5,8,13,16H2,1-4H3,(H,33,35)(H,36,37)/t21?,28-/m0/s1. The topological polar surface area (TPSA) is 163 Å². The van der Waals surface area contributed by atoms with Gasteiger partial charge in [0.1, 0.15) is 0 Å². The minimum Gasteiger partial charge on any atom is -0.479 e. The van der Waals surface area contributed by atoms with Crippen molar-refractivity contribution >= 4 is 43.5 Å². The van der Waals surface area contributed by atoms with E-state index in [0.29, 0.717) is 11.1 Å². The predicted octanol–water partition coefficient (Wildman–Crippen LogP) is 4.02. The lowest BCUT2D eigenvalue weighted by molar-refractivity contribution is -0.139. The molecule has 0 spiro atoms. The SMILES string of the molecule is CCNS(=O)(=O)[C@H](NC(=O)CCCN(C(C)c1cccc(-c2ccncc2C)c1)S(=O)(=O)c1cccc(Cl)c1C)C(=O)O. The van der Waals surface area contributed by atoms with Crippen LogP contribution in [-0.2, 0) is 29.6 Å². The molecule has 43 heavy (non-hydrogen) atoms. The van der Waals surface area contributed by atoms with E-state index in [1.165, 1.54) is 17.3 Å². The highest BCUT2D eigenvalue weighted by atomic mass is 35.5. The Hall–Kier alpha value is -3.36. The van der Waals surface area contributed by atoms with Gasteiger partial charge in [0, 0.05) is 43.0 Å². The van der Waals surface area contributed by atoms with Gasteiger partial charge in [0.25, 0.3) is 0 Å². The fraction of sp³-hybridized carbons (Fsp3) is 0.345. The number of aromatic nitrogens is 1. The van der Waals surface area contributed by atoms with Crippen molar-refractivity contribution in [2.75, 3.05) is 13.1 Å². The molecule has 14 heteroatoms. The third-order valence-corrected chi connectivity index (χ3v) is 11.0. The molecule has 3 aromatic rings. The summed E-state index contributed by atoms with van der Waals surface area (Å²) in [6, 6.07) is 13.3. The van der Waals surface area contributed by atoms with Gasteiger partial charge in [-0.2, -0.15) is 4.31 Å². The number of carbonyl (C=O) groups excluding carboxylic acids is 1. The molecule has 0 saturated carbocycles. The van der Waals surface area contributed by atoms with Crippen LogP contribution in [0.4, 0.5) is 0 Å². The summed E-state index contributed by atoms with van der Waals surface area (Å²) in [6.45, 7) is 6.57. The van der Waals surface area contributed by atoms with E-state index in [1.54, 1.807) is 38.4 Å². The van der Waals surface area contributed by atoms with Crippen LogP contribution in [0.25, 0.3) is 11.1 Å². The van der Waals surface area contributed by atoms with Crippen molar-refractivity contribution in [2.45, 2.75) is 56.8 Å². The molecule has 1 heterocycles. The van der Waals surface area contributed by atoms with Crippen molar-refractivity contribution in [3.8, 4) is 11.1 Å². The first-order valence-corrected chi connectivity index (χ1v) is 16.9. The number of aliphatic carboxylic acids is 1. The molecule has 0 saturated heterocycles. The van der Waals surface area contributed by atoms with Crippen molar-refractivity contribution in [3.63, 3.8) is 0 Å². The van der Waals surface area contributed by atoms with Gasteiger partial charge in [-0.15, -0.1) is 0 Å². The lowest BCUT2D eigenvalue weighted by atomic mass is 9.98. The van der Waals surface area contributed by atoms with Crippen LogP contribution in [0, 0.1) is 13.8 Å². The molecule has 0 fully saturated rings. The first-order chi connectivity index (χ1) is 20.2. The fourth-order valence-corrected chi connectivity index (χ4v) is 7.87. The Morgan fingerprint density at radius 2 is 1.77 bits per heavy atom. The zero-order valence-corrected chi connectivity index (χ0v) is 26.6. The van der Waals surface area contributed by atoms with Crippen molar-refractivity contribution in [3.05, 3.63) is 82.6 Å². The minimum absolute atomic E-state index is 0.0140. The average Bonchev–Trinajstić information content (AvgIpc) is 2.95. The van der Waals surface area contributed by atoms with E-state index in [4.69, 9.17) is 11.6 Å². The van der Waals surface area contributed by atoms with Crippen LogP contribution in [0.2, 0.25) is 5.02 Å². The number of pyridine rings is 1. The van der Waals surface area contributed by atoms with Gasteiger partial charge < -0.3 is 10.4 Å². The maximum absolute atomic E-state index is 14.1. The number of hydrogen-bond acceptors (Lipinski definition) is 7. The van der Waals surface area contributed by atoms with E-state index in [0.717, 1.165) is 16.7 Å². The molecular weight excluding hydrogens is 616 g/mol. The number of aryl methyl sites for hydroxylation is 1. The van der Waals surface area contributed by atoms with Gasteiger partial charge in [0.15, 0.2) is 0 Å². The normalized spacial score (nSPS) is 13.4. The molecular formula is C29H35ClN4O7S2. The number of amides is 1. The number of sulfonamides is 2. The molecule has 1 amide bonds. The summed E-state index contributed by atoms with van der Waals surface area (Å²) in [6.07, 6.45) is 3.08. The second-order valence-electron chi connectivity index (χ2n) is 9.90. The Labute approximate surface area is 257 Å². The van der Waals surface area contributed by atoms with Gasteiger partial charge in [-0.25, -0.2) is 26.4 Å². The second kappa shape index (κ2) is 14.4. The van der Waals surface area contributed by atoms with Gasteiger partial charge in [-0.3, -0.25) is 9.78 Å². The number of halogens is 1. The Morgan fingerprint density at radius 1 is 1.07 bits per heavy atom. The molecule has 3 N–H and O–H groups in total. The third-order valence-electron chi connectivity index (χ3n) is 6.89. The largest absolute Gasteiger partial charge is 0.479 e. The number of carboxylic acid groups (broad SMARTS) is 1. The highest BCUT2D eigenvalue weighted by Gasteiger charge is 2.34. The smallest absolute Gasteiger partial charge is 0.343 e. The third kappa shape index (κ3) is 8.18. The number of nitrogens with one attached hydrogen (secondary N) is 2. The Balaban J connectivity index is 1.93. The molecule has 0 bridgehead atoms. The molecule has 11 nitrogen and oxygen atoms in total. The van der Waals surface area contributed by atoms with E-state index < -0.39 is 43.3 Å². The van der Waals surface area contributed by atoms with E-state index in [1.807, 2.05) is 42.6 Å². The quantitative estimate of drug-likeness (QED) is 0.236. The van der Waals surface area contributed by atoms with Crippen LogP contribution in [0.1, 0.15) is 49.4 Å². The molecule has 2 atom stereocenters. The summed E-state index contributed by atoms with van der Waals surface area (Å²) in [5.41, 5.74) is 3.85. The minimum atomic E-state index is -4.36. The van der Waals surface area contributed by atoms with Crippen LogP contribution in [0.15, 0.2) is 65.8 Å². The monoisotopic (exact) mass is 650 g/mol. The van der Waals surface area contributed by atoms with Crippen molar-refractivity contribution in [2.24, 2.45) is 0 Å². The Morgan fingerprint density at radius 3 is 2.42 bits per heavy atom. The summed E-state index contributed by atoms with van der Waals surface area (Å²) in [4.78, 5) is 28.3. The Kier molecular flexibility index (Phi) is 11.4. The number of rotatable bonds is 14.